The van der Waals surface area contributed by atoms with Gasteiger partial charge in [0.2, 0.25) is 0 Å². The first kappa shape index (κ1) is 16.5. The van der Waals surface area contributed by atoms with Gasteiger partial charge >= 0.3 is 0 Å². The number of rotatable bonds is 6. The van der Waals surface area contributed by atoms with Crippen molar-refractivity contribution < 1.29 is 29.2 Å². The van der Waals surface area contributed by atoms with Crippen molar-refractivity contribution in [1.82, 2.24) is 0 Å². The van der Waals surface area contributed by atoms with Crippen molar-refractivity contribution in [3.63, 3.8) is 0 Å². The number of Topliss-reactive ketones (excluding diaryl/α,β-unsaturated/α-hetero) is 1. The number of aromatic hydroxyl groups is 2. The molecule has 2 rings (SSSR count). The number of phenolic OH excluding ortho intramolecular Hbond substituents is 2. The molecule has 0 heterocycles. The second kappa shape index (κ2) is 6.91. The van der Waals surface area contributed by atoms with Crippen LogP contribution in [-0.2, 0) is 6.42 Å². The van der Waals surface area contributed by atoms with Crippen molar-refractivity contribution >= 4 is 5.78 Å². The lowest BCUT2D eigenvalue weighted by Crippen LogP contribution is -2.06. The van der Waals surface area contributed by atoms with Gasteiger partial charge in [-0.25, -0.2) is 0 Å². The van der Waals surface area contributed by atoms with Gasteiger partial charge in [-0.1, -0.05) is 6.07 Å². The van der Waals surface area contributed by atoms with Crippen LogP contribution in [0.1, 0.15) is 15.9 Å². The van der Waals surface area contributed by atoms with Crippen molar-refractivity contribution in [1.29, 1.82) is 0 Å². The number of carbonyl (C=O) groups excluding carboxylic acids is 1. The highest BCUT2D eigenvalue weighted by molar-refractivity contribution is 6.02. The van der Waals surface area contributed by atoms with E-state index in [-0.39, 0.29) is 35.0 Å². The average molecular weight is 318 g/mol. The number of hydrogen-bond acceptors (Lipinski definition) is 6. The molecular formula is C17H18O6. The summed E-state index contributed by atoms with van der Waals surface area (Å²) in [7, 11) is 4.40. The molecule has 0 atom stereocenters. The van der Waals surface area contributed by atoms with E-state index in [9.17, 15) is 15.0 Å². The van der Waals surface area contributed by atoms with Crippen molar-refractivity contribution in [3.05, 3.63) is 41.5 Å². The topological polar surface area (TPSA) is 85.2 Å². The summed E-state index contributed by atoms with van der Waals surface area (Å²) >= 11 is 0. The molecule has 0 saturated heterocycles. The van der Waals surface area contributed by atoms with E-state index >= 15 is 0 Å². The minimum absolute atomic E-state index is 0.0279. The Kier molecular flexibility index (Phi) is 4.95. The zero-order chi connectivity index (χ0) is 17.0. The van der Waals surface area contributed by atoms with Gasteiger partial charge in [-0.2, -0.15) is 0 Å². The largest absolute Gasteiger partial charge is 0.508 e. The molecule has 0 amide bonds. The summed E-state index contributed by atoms with van der Waals surface area (Å²) in [6, 6.07) is 7.52. The Labute approximate surface area is 133 Å². The Morgan fingerprint density at radius 2 is 1.57 bits per heavy atom. The molecule has 0 radical (unpaired) electrons. The molecule has 0 aromatic heterocycles. The van der Waals surface area contributed by atoms with Crippen LogP contribution < -0.4 is 14.2 Å². The normalized spacial score (nSPS) is 10.2. The van der Waals surface area contributed by atoms with Gasteiger partial charge in [-0.3, -0.25) is 4.79 Å². The molecule has 0 fully saturated rings. The lowest BCUT2D eigenvalue weighted by atomic mass is 10.0. The number of phenols is 2. The maximum atomic E-state index is 12.5. The molecule has 23 heavy (non-hydrogen) atoms. The van der Waals surface area contributed by atoms with Crippen molar-refractivity contribution in [3.8, 4) is 28.7 Å². The first-order valence-corrected chi connectivity index (χ1v) is 6.84. The second-order valence-corrected chi connectivity index (χ2v) is 4.83. The third-order valence-electron chi connectivity index (χ3n) is 3.38. The quantitative estimate of drug-likeness (QED) is 0.796. The van der Waals surface area contributed by atoms with Crippen LogP contribution in [0.15, 0.2) is 30.3 Å². The monoisotopic (exact) mass is 318 g/mol. The zero-order valence-electron chi connectivity index (χ0n) is 13.1. The molecule has 2 N–H and O–H groups in total. The fourth-order valence-corrected chi connectivity index (χ4v) is 2.29. The van der Waals surface area contributed by atoms with E-state index in [1.165, 1.54) is 27.4 Å². The molecule has 122 valence electrons. The van der Waals surface area contributed by atoms with Gasteiger partial charge in [0, 0.05) is 18.6 Å². The molecule has 0 bridgehead atoms. The summed E-state index contributed by atoms with van der Waals surface area (Å²) in [5.41, 5.74) is 0.724. The van der Waals surface area contributed by atoms with Gasteiger partial charge < -0.3 is 24.4 Å². The number of carbonyl (C=O) groups is 1. The van der Waals surface area contributed by atoms with Crippen molar-refractivity contribution in [2.24, 2.45) is 0 Å². The number of hydrogen-bond donors (Lipinski definition) is 2. The van der Waals surface area contributed by atoms with E-state index in [2.05, 4.69) is 0 Å². The Morgan fingerprint density at radius 3 is 2.17 bits per heavy atom. The van der Waals surface area contributed by atoms with E-state index < -0.39 is 0 Å². The molecule has 0 spiro atoms. The molecule has 6 heteroatoms. The third kappa shape index (κ3) is 3.48. The average Bonchev–Trinajstić information content (AvgIpc) is 2.53. The van der Waals surface area contributed by atoms with Gasteiger partial charge in [0.1, 0.15) is 22.8 Å². The molecular weight excluding hydrogens is 300 g/mol. The fraction of sp³-hybridized carbons (Fsp3) is 0.235. The summed E-state index contributed by atoms with van der Waals surface area (Å²) in [5.74, 6) is 0.349. The standard InChI is InChI=1S/C17H18O6/c1-21-14-5-4-10(7-15(14)22-2)6-12(19)17-13(20)8-11(18)9-16(17)23-3/h4-5,7-9,18,20H,6H2,1-3H3. The summed E-state index contributed by atoms with van der Waals surface area (Å²) in [5, 5.41) is 19.4. The number of benzene rings is 2. The summed E-state index contributed by atoms with van der Waals surface area (Å²) in [6.45, 7) is 0. The van der Waals surface area contributed by atoms with Crippen LogP contribution in [0.5, 0.6) is 28.7 Å². The predicted molar refractivity (Wildman–Crippen MR) is 83.9 cm³/mol. The molecule has 0 saturated carbocycles. The SMILES string of the molecule is COc1ccc(CC(=O)c2c(O)cc(O)cc2OC)cc1OC. The molecule has 6 nitrogen and oxygen atoms in total. The van der Waals surface area contributed by atoms with Crippen LogP contribution in [0.25, 0.3) is 0 Å². The Balaban J connectivity index is 2.33. The van der Waals surface area contributed by atoms with Crippen LogP contribution >= 0.6 is 0 Å². The Bertz CT molecular complexity index is 723. The highest BCUT2D eigenvalue weighted by Gasteiger charge is 2.19. The highest BCUT2D eigenvalue weighted by Crippen LogP contribution is 2.34. The molecule has 0 unspecified atom stereocenters. The number of ketones is 1. The molecule has 0 aliphatic heterocycles. The molecule has 2 aromatic rings. The fourth-order valence-electron chi connectivity index (χ4n) is 2.29. The molecule has 0 aliphatic rings. The first-order valence-electron chi connectivity index (χ1n) is 6.84. The van der Waals surface area contributed by atoms with Gasteiger partial charge in [-0.05, 0) is 17.7 Å². The molecule has 2 aromatic carbocycles. The van der Waals surface area contributed by atoms with Gasteiger partial charge in [0.15, 0.2) is 17.3 Å². The third-order valence-corrected chi connectivity index (χ3v) is 3.38. The minimum Gasteiger partial charge on any atom is -0.508 e. The summed E-state index contributed by atoms with van der Waals surface area (Å²) < 4.78 is 15.4. The zero-order valence-corrected chi connectivity index (χ0v) is 13.1. The van der Waals surface area contributed by atoms with E-state index in [1.807, 2.05) is 0 Å². The minimum atomic E-state index is -0.341. The van der Waals surface area contributed by atoms with Gasteiger partial charge in [0.05, 0.1) is 21.3 Å². The van der Waals surface area contributed by atoms with Crippen molar-refractivity contribution in [2.45, 2.75) is 6.42 Å². The smallest absolute Gasteiger partial charge is 0.174 e. The maximum Gasteiger partial charge on any atom is 0.174 e. The lowest BCUT2D eigenvalue weighted by Gasteiger charge is -2.12. The first-order chi connectivity index (χ1) is 11.0. The van der Waals surface area contributed by atoms with Gasteiger partial charge in [0.25, 0.3) is 0 Å². The second-order valence-electron chi connectivity index (χ2n) is 4.83. The summed E-state index contributed by atoms with van der Waals surface area (Å²) in [6.07, 6.45) is 0.0368. The van der Waals surface area contributed by atoms with Crippen LogP contribution in [0.2, 0.25) is 0 Å². The van der Waals surface area contributed by atoms with Crippen molar-refractivity contribution in [2.75, 3.05) is 21.3 Å². The van der Waals surface area contributed by atoms with Crippen LogP contribution in [0.4, 0.5) is 0 Å². The Hall–Kier alpha value is -2.89. The van der Waals surface area contributed by atoms with Gasteiger partial charge in [-0.15, -0.1) is 0 Å². The summed E-state index contributed by atoms with van der Waals surface area (Å²) in [4.78, 5) is 12.5. The highest BCUT2D eigenvalue weighted by atomic mass is 16.5. The Morgan fingerprint density at radius 1 is 0.913 bits per heavy atom. The predicted octanol–water partition coefficient (Wildman–Crippen LogP) is 2.55. The lowest BCUT2D eigenvalue weighted by molar-refractivity contribution is 0.0987. The number of ether oxygens (including phenoxy) is 3. The van der Waals surface area contributed by atoms with Crippen LogP contribution in [0.3, 0.4) is 0 Å². The van der Waals surface area contributed by atoms with E-state index in [1.54, 1.807) is 18.2 Å². The number of methoxy groups -OCH3 is 3. The van der Waals surface area contributed by atoms with E-state index in [0.29, 0.717) is 17.1 Å². The van der Waals surface area contributed by atoms with Crippen LogP contribution in [-0.4, -0.2) is 37.3 Å². The van der Waals surface area contributed by atoms with E-state index in [4.69, 9.17) is 14.2 Å². The maximum absolute atomic E-state index is 12.5. The van der Waals surface area contributed by atoms with E-state index in [0.717, 1.165) is 6.07 Å². The van der Waals surface area contributed by atoms with Crippen LogP contribution in [0, 0.1) is 0 Å². The molecule has 0 aliphatic carbocycles.